The van der Waals surface area contributed by atoms with Crippen molar-refractivity contribution in [2.24, 2.45) is 11.8 Å². The van der Waals surface area contributed by atoms with Crippen molar-refractivity contribution in [3.63, 3.8) is 0 Å². The van der Waals surface area contributed by atoms with Gasteiger partial charge in [-0.2, -0.15) is 5.10 Å². The zero-order valence-electron chi connectivity index (χ0n) is 12.2. The van der Waals surface area contributed by atoms with E-state index in [4.69, 9.17) is 0 Å². The number of pyridine rings is 1. The molecule has 0 aromatic carbocycles. The largest absolute Gasteiger partial charge is 0.379 e. The summed E-state index contributed by atoms with van der Waals surface area (Å²) in [5, 5.41) is 7.96. The Kier molecular flexibility index (Phi) is 3.72. The minimum atomic E-state index is 0.535. The molecule has 1 saturated carbocycles. The summed E-state index contributed by atoms with van der Waals surface area (Å²) in [5.41, 5.74) is 1.07. The summed E-state index contributed by atoms with van der Waals surface area (Å²) >= 11 is 0. The second-order valence-corrected chi connectivity index (χ2v) is 6.08. The van der Waals surface area contributed by atoms with E-state index in [0.29, 0.717) is 6.04 Å². The number of nitrogens with one attached hydrogen (secondary N) is 1. The van der Waals surface area contributed by atoms with Gasteiger partial charge in [-0.05, 0) is 49.3 Å². The number of anilines is 1. The molecule has 4 nitrogen and oxygen atoms in total. The van der Waals surface area contributed by atoms with Gasteiger partial charge in [-0.3, -0.25) is 0 Å². The van der Waals surface area contributed by atoms with Crippen LogP contribution in [-0.4, -0.2) is 20.8 Å². The maximum atomic E-state index is 4.46. The Bertz CT molecular complexity index is 539. The van der Waals surface area contributed by atoms with E-state index in [1.165, 1.54) is 19.3 Å². The molecule has 1 N–H and O–H groups in total. The number of hydrogen-bond acceptors (Lipinski definition) is 3. The fourth-order valence-corrected chi connectivity index (χ4v) is 3.37. The smallest absolute Gasteiger partial charge is 0.176 e. The molecule has 2 atom stereocenters. The van der Waals surface area contributed by atoms with Gasteiger partial charge in [-0.15, -0.1) is 0 Å². The number of hydrogen-bond donors (Lipinski definition) is 1. The molecule has 1 aliphatic rings. The van der Waals surface area contributed by atoms with Gasteiger partial charge < -0.3 is 5.32 Å². The van der Waals surface area contributed by atoms with Crippen LogP contribution in [0, 0.1) is 11.8 Å². The lowest BCUT2D eigenvalue weighted by Crippen LogP contribution is -2.30. The van der Waals surface area contributed by atoms with Crippen LogP contribution in [0.15, 0.2) is 36.8 Å². The van der Waals surface area contributed by atoms with E-state index >= 15 is 0 Å². The van der Waals surface area contributed by atoms with Gasteiger partial charge in [0, 0.05) is 24.6 Å². The van der Waals surface area contributed by atoms with Crippen LogP contribution >= 0.6 is 0 Å². The predicted molar refractivity (Wildman–Crippen MR) is 80.9 cm³/mol. The Labute approximate surface area is 120 Å². The first kappa shape index (κ1) is 13.2. The second-order valence-electron chi connectivity index (χ2n) is 6.08. The summed E-state index contributed by atoms with van der Waals surface area (Å²) in [5.74, 6) is 2.46. The van der Waals surface area contributed by atoms with E-state index in [1.54, 1.807) is 6.20 Å². The van der Waals surface area contributed by atoms with E-state index in [2.05, 4.69) is 35.3 Å². The van der Waals surface area contributed by atoms with Crippen molar-refractivity contribution in [1.29, 1.82) is 0 Å². The lowest BCUT2D eigenvalue weighted by atomic mass is 9.80. The third-order valence-electron chi connectivity index (χ3n) is 4.05. The van der Waals surface area contributed by atoms with Gasteiger partial charge in [0.2, 0.25) is 0 Å². The van der Waals surface area contributed by atoms with Gasteiger partial charge in [0.15, 0.2) is 5.82 Å². The molecule has 106 valence electrons. The molecular weight excluding hydrogens is 248 g/mol. The van der Waals surface area contributed by atoms with E-state index < -0.39 is 0 Å². The first-order valence-corrected chi connectivity index (χ1v) is 7.44. The number of nitrogens with zero attached hydrogens (tertiary/aromatic N) is 3. The molecule has 1 aliphatic carbocycles. The van der Waals surface area contributed by atoms with Gasteiger partial charge in [-0.25, -0.2) is 9.67 Å². The zero-order chi connectivity index (χ0) is 13.9. The van der Waals surface area contributed by atoms with Crippen LogP contribution in [0.3, 0.4) is 0 Å². The lowest BCUT2D eigenvalue weighted by molar-refractivity contribution is 0.281. The third-order valence-corrected chi connectivity index (χ3v) is 4.05. The molecule has 2 aromatic rings. The van der Waals surface area contributed by atoms with Gasteiger partial charge in [-0.1, -0.05) is 13.8 Å². The van der Waals surface area contributed by atoms with Crippen LogP contribution in [0.4, 0.5) is 5.69 Å². The molecule has 3 rings (SSSR count). The maximum absolute atomic E-state index is 4.46. The summed E-state index contributed by atoms with van der Waals surface area (Å²) < 4.78 is 1.82. The van der Waals surface area contributed by atoms with Crippen molar-refractivity contribution in [2.45, 2.75) is 39.2 Å². The van der Waals surface area contributed by atoms with E-state index in [1.807, 2.05) is 29.2 Å². The molecule has 1 fully saturated rings. The Morgan fingerprint density at radius 2 is 1.90 bits per heavy atom. The summed E-state index contributed by atoms with van der Waals surface area (Å²) in [4.78, 5) is 4.46. The lowest BCUT2D eigenvalue weighted by Gasteiger charge is -2.32. The molecule has 0 spiro atoms. The van der Waals surface area contributed by atoms with Crippen LogP contribution < -0.4 is 5.32 Å². The molecule has 0 radical (unpaired) electrons. The predicted octanol–water partition coefficient (Wildman–Crippen LogP) is 3.50. The minimum Gasteiger partial charge on any atom is -0.379 e. The van der Waals surface area contributed by atoms with Gasteiger partial charge in [0.25, 0.3) is 0 Å². The van der Waals surface area contributed by atoms with Crippen molar-refractivity contribution < 1.29 is 0 Å². The highest BCUT2D eigenvalue weighted by molar-refractivity contribution is 5.56. The molecule has 2 unspecified atom stereocenters. The summed E-state index contributed by atoms with van der Waals surface area (Å²) in [6.07, 6.45) is 9.34. The van der Waals surface area contributed by atoms with Crippen LogP contribution in [0.25, 0.3) is 5.82 Å². The molecule has 20 heavy (non-hydrogen) atoms. The Morgan fingerprint density at radius 3 is 2.60 bits per heavy atom. The van der Waals surface area contributed by atoms with E-state index in [-0.39, 0.29) is 0 Å². The molecule has 0 amide bonds. The minimum absolute atomic E-state index is 0.535. The standard InChI is InChI=1S/C16H22N4/c1-12-9-13(2)11-14(10-12)19-15-5-3-6-17-16(15)20-8-4-7-18-20/h3-8,12-14,19H,9-11H2,1-2H3. The van der Waals surface area contributed by atoms with Crippen molar-refractivity contribution in [3.8, 4) is 5.82 Å². The fourth-order valence-electron chi connectivity index (χ4n) is 3.37. The highest BCUT2D eigenvalue weighted by atomic mass is 15.3. The van der Waals surface area contributed by atoms with Crippen LogP contribution in [0.1, 0.15) is 33.1 Å². The highest BCUT2D eigenvalue weighted by Gasteiger charge is 2.24. The Balaban J connectivity index is 1.81. The van der Waals surface area contributed by atoms with Crippen LogP contribution in [0.2, 0.25) is 0 Å². The third kappa shape index (κ3) is 2.84. The molecule has 0 aliphatic heterocycles. The van der Waals surface area contributed by atoms with Crippen LogP contribution in [0.5, 0.6) is 0 Å². The first-order chi connectivity index (χ1) is 9.72. The summed E-state index contributed by atoms with van der Waals surface area (Å²) in [6.45, 7) is 4.70. The summed E-state index contributed by atoms with van der Waals surface area (Å²) in [7, 11) is 0. The van der Waals surface area contributed by atoms with Gasteiger partial charge >= 0.3 is 0 Å². The summed E-state index contributed by atoms with van der Waals surface area (Å²) in [6, 6.07) is 6.52. The molecule has 0 bridgehead atoms. The number of rotatable bonds is 3. The van der Waals surface area contributed by atoms with Crippen molar-refractivity contribution in [2.75, 3.05) is 5.32 Å². The topological polar surface area (TPSA) is 42.7 Å². The number of aromatic nitrogens is 3. The molecule has 4 heteroatoms. The maximum Gasteiger partial charge on any atom is 0.176 e. The average molecular weight is 270 g/mol. The SMILES string of the molecule is CC1CC(C)CC(Nc2cccnc2-n2cccn2)C1. The van der Waals surface area contributed by atoms with E-state index in [0.717, 1.165) is 23.3 Å². The van der Waals surface area contributed by atoms with Crippen LogP contribution in [-0.2, 0) is 0 Å². The van der Waals surface area contributed by atoms with Crippen molar-refractivity contribution >= 4 is 5.69 Å². The highest BCUT2D eigenvalue weighted by Crippen LogP contribution is 2.31. The van der Waals surface area contributed by atoms with Crippen molar-refractivity contribution in [1.82, 2.24) is 14.8 Å². The first-order valence-electron chi connectivity index (χ1n) is 7.44. The molecule has 2 aromatic heterocycles. The molecular formula is C16H22N4. The van der Waals surface area contributed by atoms with Gasteiger partial charge in [0.05, 0.1) is 5.69 Å². The van der Waals surface area contributed by atoms with Crippen molar-refractivity contribution in [3.05, 3.63) is 36.8 Å². The molecule has 0 saturated heterocycles. The quantitative estimate of drug-likeness (QED) is 0.928. The van der Waals surface area contributed by atoms with E-state index in [9.17, 15) is 0 Å². The second kappa shape index (κ2) is 5.65. The van der Waals surface area contributed by atoms with Gasteiger partial charge in [0.1, 0.15) is 0 Å². The monoisotopic (exact) mass is 270 g/mol. The molecule has 2 heterocycles. The zero-order valence-corrected chi connectivity index (χ0v) is 12.2. The Morgan fingerprint density at radius 1 is 1.10 bits per heavy atom. The fraction of sp³-hybridized carbons (Fsp3) is 0.500. The normalized spacial score (nSPS) is 26.4. The average Bonchev–Trinajstić information content (AvgIpc) is 2.92. The Hall–Kier alpha value is -1.84.